The lowest BCUT2D eigenvalue weighted by molar-refractivity contribution is 0.0697. The summed E-state index contributed by atoms with van der Waals surface area (Å²) in [5, 5.41) is 11.7. The first-order chi connectivity index (χ1) is 9.52. The van der Waals surface area contributed by atoms with Crippen molar-refractivity contribution in [2.45, 2.75) is 13.3 Å². The molecule has 2 rings (SSSR count). The van der Waals surface area contributed by atoms with Crippen molar-refractivity contribution >= 4 is 29.1 Å². The first-order valence-electron chi connectivity index (χ1n) is 5.82. The van der Waals surface area contributed by atoms with E-state index >= 15 is 0 Å². The molecule has 0 atom stereocenters. The number of rotatable bonds is 4. The van der Waals surface area contributed by atoms with Crippen LogP contribution in [0.2, 0.25) is 5.02 Å². The van der Waals surface area contributed by atoms with Crippen molar-refractivity contribution in [1.82, 2.24) is 9.97 Å². The Balaban J connectivity index is 2.31. The van der Waals surface area contributed by atoms with E-state index in [9.17, 15) is 9.18 Å². The molecular weight excluding hydrogens is 285 g/mol. The molecular formula is C13H11ClFN3O2. The van der Waals surface area contributed by atoms with Crippen LogP contribution in [-0.2, 0) is 6.42 Å². The molecule has 0 aliphatic carbocycles. The van der Waals surface area contributed by atoms with Gasteiger partial charge in [0.1, 0.15) is 6.33 Å². The molecule has 0 radical (unpaired) electrons. The number of anilines is 2. The molecule has 1 aromatic heterocycles. The van der Waals surface area contributed by atoms with Gasteiger partial charge in [-0.15, -0.1) is 0 Å². The number of carboxylic acid groups (broad SMARTS) is 1. The number of halogens is 2. The van der Waals surface area contributed by atoms with E-state index in [1.165, 1.54) is 24.5 Å². The number of hydrogen-bond donors (Lipinski definition) is 2. The predicted octanol–water partition coefficient (Wildman–Crippen LogP) is 3.27. The molecule has 5 nitrogen and oxygen atoms in total. The average Bonchev–Trinajstić information content (AvgIpc) is 2.41. The lowest BCUT2D eigenvalue weighted by Gasteiger charge is -2.09. The third kappa shape index (κ3) is 2.85. The molecule has 2 aromatic rings. The zero-order valence-electron chi connectivity index (χ0n) is 10.5. The van der Waals surface area contributed by atoms with E-state index in [-0.39, 0.29) is 16.4 Å². The normalized spacial score (nSPS) is 10.3. The van der Waals surface area contributed by atoms with Crippen LogP contribution in [-0.4, -0.2) is 21.0 Å². The van der Waals surface area contributed by atoms with Gasteiger partial charge in [0.25, 0.3) is 0 Å². The van der Waals surface area contributed by atoms with Crippen LogP contribution < -0.4 is 5.32 Å². The Hall–Kier alpha value is -2.21. The summed E-state index contributed by atoms with van der Waals surface area (Å²) >= 11 is 5.84. The maximum atomic E-state index is 14.0. The number of benzene rings is 1. The Labute approximate surface area is 119 Å². The van der Waals surface area contributed by atoms with Crippen molar-refractivity contribution < 1.29 is 14.3 Å². The van der Waals surface area contributed by atoms with Gasteiger partial charge in [0.15, 0.2) is 11.6 Å². The molecule has 0 bridgehead atoms. The van der Waals surface area contributed by atoms with E-state index in [2.05, 4.69) is 15.3 Å². The number of nitrogens with zero attached hydrogens (tertiary/aromatic N) is 2. The van der Waals surface area contributed by atoms with Crippen LogP contribution in [0, 0.1) is 5.82 Å². The highest BCUT2D eigenvalue weighted by molar-refractivity contribution is 6.33. The lowest BCUT2D eigenvalue weighted by Crippen LogP contribution is -2.03. The number of aromatic carboxylic acids is 1. The summed E-state index contributed by atoms with van der Waals surface area (Å²) in [6, 6.07) is 4.23. The highest BCUT2D eigenvalue weighted by atomic mass is 35.5. The minimum atomic E-state index is -1.12. The molecule has 1 aromatic carbocycles. The Morgan fingerprint density at radius 1 is 1.45 bits per heavy atom. The summed E-state index contributed by atoms with van der Waals surface area (Å²) in [6.45, 7) is 1.79. The van der Waals surface area contributed by atoms with Crippen LogP contribution in [0.5, 0.6) is 0 Å². The summed E-state index contributed by atoms with van der Waals surface area (Å²) < 4.78 is 14.0. The highest BCUT2D eigenvalue weighted by Crippen LogP contribution is 2.24. The molecule has 1 heterocycles. The number of aromatic nitrogens is 2. The lowest BCUT2D eigenvalue weighted by atomic mass is 10.2. The van der Waals surface area contributed by atoms with Crippen LogP contribution in [0.3, 0.4) is 0 Å². The van der Waals surface area contributed by atoms with Crippen LogP contribution in [0.15, 0.2) is 24.5 Å². The zero-order valence-corrected chi connectivity index (χ0v) is 11.3. The molecule has 0 unspecified atom stereocenters. The molecule has 0 saturated carbocycles. The van der Waals surface area contributed by atoms with Crippen LogP contribution in [0.1, 0.15) is 23.0 Å². The van der Waals surface area contributed by atoms with Crippen molar-refractivity contribution in [1.29, 1.82) is 0 Å². The second-order valence-electron chi connectivity index (χ2n) is 3.96. The summed E-state index contributed by atoms with van der Waals surface area (Å²) in [5.41, 5.74) is 0.727. The summed E-state index contributed by atoms with van der Waals surface area (Å²) in [6.07, 6.45) is 1.71. The van der Waals surface area contributed by atoms with E-state index in [0.29, 0.717) is 17.8 Å². The van der Waals surface area contributed by atoms with Crippen molar-refractivity contribution in [2.75, 3.05) is 5.32 Å². The standard InChI is InChI=1S/C13H11ClFN3O2/c1-2-10-11(15)12(17-6-16-10)18-7-3-4-8(13(19)20)9(14)5-7/h3-6H,2H2,1H3,(H,19,20)(H,16,17,18). The fraction of sp³-hybridized carbons (Fsp3) is 0.154. The van der Waals surface area contributed by atoms with E-state index < -0.39 is 11.8 Å². The van der Waals surface area contributed by atoms with Crippen LogP contribution in [0.25, 0.3) is 0 Å². The number of hydrogen-bond acceptors (Lipinski definition) is 4. The Bertz CT molecular complexity index is 664. The van der Waals surface area contributed by atoms with Crippen molar-refractivity contribution in [3.05, 3.63) is 46.6 Å². The van der Waals surface area contributed by atoms with E-state index in [1.54, 1.807) is 6.92 Å². The molecule has 0 spiro atoms. The number of aryl methyl sites for hydroxylation is 1. The van der Waals surface area contributed by atoms with Gasteiger partial charge in [0, 0.05) is 5.69 Å². The molecule has 104 valence electrons. The third-order valence-corrected chi connectivity index (χ3v) is 2.97. The SMILES string of the molecule is CCc1ncnc(Nc2ccc(C(=O)O)c(Cl)c2)c1F. The highest BCUT2D eigenvalue weighted by Gasteiger charge is 2.12. The maximum Gasteiger partial charge on any atom is 0.337 e. The maximum absolute atomic E-state index is 14.0. The quantitative estimate of drug-likeness (QED) is 0.905. The summed E-state index contributed by atoms with van der Waals surface area (Å²) in [5.74, 6) is -1.63. The fourth-order valence-electron chi connectivity index (χ4n) is 1.64. The van der Waals surface area contributed by atoms with E-state index in [4.69, 9.17) is 16.7 Å². The molecule has 0 amide bonds. The number of nitrogens with one attached hydrogen (secondary N) is 1. The largest absolute Gasteiger partial charge is 0.478 e. The Morgan fingerprint density at radius 3 is 2.80 bits per heavy atom. The van der Waals surface area contributed by atoms with E-state index in [1.807, 2.05) is 0 Å². The molecule has 0 fully saturated rings. The molecule has 20 heavy (non-hydrogen) atoms. The molecule has 0 aliphatic rings. The van der Waals surface area contributed by atoms with E-state index in [0.717, 1.165) is 0 Å². The average molecular weight is 296 g/mol. The topological polar surface area (TPSA) is 75.1 Å². The third-order valence-electron chi connectivity index (χ3n) is 2.66. The van der Waals surface area contributed by atoms with Gasteiger partial charge < -0.3 is 10.4 Å². The van der Waals surface area contributed by atoms with Crippen molar-refractivity contribution in [3.8, 4) is 0 Å². The van der Waals surface area contributed by atoms with Gasteiger partial charge >= 0.3 is 5.97 Å². The van der Waals surface area contributed by atoms with Crippen molar-refractivity contribution in [3.63, 3.8) is 0 Å². The number of carbonyl (C=O) groups is 1. The molecule has 7 heteroatoms. The predicted molar refractivity (Wildman–Crippen MR) is 73.1 cm³/mol. The summed E-state index contributed by atoms with van der Waals surface area (Å²) in [4.78, 5) is 18.5. The Morgan fingerprint density at radius 2 is 2.20 bits per heavy atom. The smallest absolute Gasteiger partial charge is 0.337 e. The fourth-order valence-corrected chi connectivity index (χ4v) is 1.90. The first-order valence-corrected chi connectivity index (χ1v) is 6.20. The second kappa shape index (κ2) is 5.83. The minimum Gasteiger partial charge on any atom is -0.478 e. The first kappa shape index (κ1) is 14.2. The van der Waals surface area contributed by atoms with Gasteiger partial charge in [0.05, 0.1) is 16.3 Å². The second-order valence-corrected chi connectivity index (χ2v) is 4.37. The monoisotopic (exact) mass is 295 g/mol. The van der Waals surface area contributed by atoms with Crippen molar-refractivity contribution in [2.24, 2.45) is 0 Å². The summed E-state index contributed by atoms with van der Waals surface area (Å²) in [7, 11) is 0. The minimum absolute atomic E-state index is 0.0189. The van der Waals surface area contributed by atoms with Gasteiger partial charge in [-0.05, 0) is 24.6 Å². The van der Waals surface area contributed by atoms with Gasteiger partial charge in [-0.25, -0.2) is 19.2 Å². The van der Waals surface area contributed by atoms with Crippen LogP contribution in [0.4, 0.5) is 15.9 Å². The Kier molecular flexibility index (Phi) is 4.14. The molecule has 0 aliphatic heterocycles. The number of carboxylic acids is 1. The zero-order chi connectivity index (χ0) is 14.7. The van der Waals surface area contributed by atoms with Crippen LogP contribution >= 0.6 is 11.6 Å². The molecule has 2 N–H and O–H groups in total. The van der Waals surface area contributed by atoms with Gasteiger partial charge in [-0.1, -0.05) is 18.5 Å². The molecule has 0 saturated heterocycles. The van der Waals surface area contributed by atoms with Gasteiger partial charge in [0.2, 0.25) is 0 Å². The van der Waals surface area contributed by atoms with Gasteiger partial charge in [-0.3, -0.25) is 0 Å². The van der Waals surface area contributed by atoms with Gasteiger partial charge in [-0.2, -0.15) is 0 Å².